The Kier molecular flexibility index (Phi) is 5.10. The minimum absolute atomic E-state index is 0.00214. The van der Waals surface area contributed by atoms with Crippen molar-refractivity contribution in [3.63, 3.8) is 0 Å². The number of rotatable bonds is 6. The Bertz CT molecular complexity index is 1690. The summed E-state index contributed by atoms with van der Waals surface area (Å²) in [5.74, 6) is 0.263. The van der Waals surface area contributed by atoms with Gasteiger partial charge in [0.05, 0.1) is 24.2 Å². The highest BCUT2D eigenvalue weighted by atomic mass is 32.2. The van der Waals surface area contributed by atoms with Crippen LogP contribution >= 0.6 is 0 Å². The maximum atomic E-state index is 12.9. The van der Waals surface area contributed by atoms with Crippen LogP contribution in [0.3, 0.4) is 0 Å². The number of hydrogen-bond acceptors (Lipinski definition) is 10. The maximum absolute atomic E-state index is 12.9. The van der Waals surface area contributed by atoms with Gasteiger partial charge in [0.25, 0.3) is 10.1 Å². The molecule has 4 aromatic heterocycles. The van der Waals surface area contributed by atoms with Crippen molar-refractivity contribution in [3.8, 4) is 11.5 Å². The van der Waals surface area contributed by atoms with Gasteiger partial charge >= 0.3 is 5.69 Å². The Morgan fingerprint density at radius 1 is 1.09 bits per heavy atom. The van der Waals surface area contributed by atoms with Crippen LogP contribution in [0.5, 0.6) is 0 Å². The summed E-state index contributed by atoms with van der Waals surface area (Å²) >= 11 is 0. The first kappa shape index (κ1) is 21.7. The number of anilines is 1. The number of hydrogen-bond donors (Lipinski definition) is 1. The summed E-state index contributed by atoms with van der Waals surface area (Å²) in [5, 5.41) is 4.33. The normalized spacial score (nSPS) is 12.1. The molecule has 0 spiro atoms. The Hall–Kier alpha value is -4.17. The number of fused-ring (bicyclic) bond motifs is 3. The second-order valence-corrected chi connectivity index (χ2v) is 9.10. The number of benzene rings is 1. The first-order valence-corrected chi connectivity index (χ1v) is 11.5. The van der Waals surface area contributed by atoms with Gasteiger partial charge in [0.1, 0.15) is 11.2 Å². The van der Waals surface area contributed by atoms with Crippen molar-refractivity contribution in [1.29, 1.82) is 0 Å². The highest BCUT2D eigenvalue weighted by molar-refractivity contribution is 7.86. The van der Waals surface area contributed by atoms with Crippen LogP contribution in [0.4, 0.5) is 5.95 Å². The minimum atomic E-state index is -3.98. The van der Waals surface area contributed by atoms with Gasteiger partial charge < -0.3 is 5.73 Å². The third kappa shape index (κ3) is 3.58. The average molecular weight is 481 g/mol. The Labute approximate surface area is 192 Å². The predicted octanol–water partition coefficient (Wildman–Crippen LogP) is 0.531. The van der Waals surface area contributed by atoms with E-state index in [2.05, 4.69) is 25.0 Å². The van der Waals surface area contributed by atoms with Crippen LogP contribution in [0.1, 0.15) is 5.56 Å². The molecule has 14 heteroatoms. The van der Waals surface area contributed by atoms with E-state index >= 15 is 0 Å². The molecule has 0 aliphatic heterocycles. The summed E-state index contributed by atoms with van der Waals surface area (Å²) < 4.78 is 34.0. The molecule has 1 aromatic carbocycles. The van der Waals surface area contributed by atoms with Gasteiger partial charge in [-0.2, -0.15) is 17.9 Å². The van der Waals surface area contributed by atoms with Crippen LogP contribution in [0, 0.1) is 6.92 Å². The molecule has 0 saturated heterocycles. The SMILES string of the molecule is Cc1ccc(S(=O)(=O)OCCn2c(=O)n(C)c3c2nc(N)n2nc(-c4cnccn4)nc32)cc1. The van der Waals surface area contributed by atoms with Crippen molar-refractivity contribution in [2.45, 2.75) is 18.4 Å². The van der Waals surface area contributed by atoms with E-state index in [1.165, 1.54) is 44.4 Å². The van der Waals surface area contributed by atoms with Crippen LogP contribution in [0.2, 0.25) is 0 Å². The molecule has 13 nitrogen and oxygen atoms in total. The van der Waals surface area contributed by atoms with Crippen molar-refractivity contribution in [1.82, 2.24) is 38.7 Å². The molecule has 0 bridgehead atoms. The predicted molar refractivity (Wildman–Crippen MR) is 121 cm³/mol. The summed E-state index contributed by atoms with van der Waals surface area (Å²) in [4.78, 5) is 30.0. The van der Waals surface area contributed by atoms with Gasteiger partial charge in [-0.3, -0.25) is 18.3 Å². The first-order valence-electron chi connectivity index (χ1n) is 10.1. The van der Waals surface area contributed by atoms with Crippen LogP contribution in [0.25, 0.3) is 28.3 Å². The lowest BCUT2D eigenvalue weighted by Crippen LogP contribution is -2.25. The maximum Gasteiger partial charge on any atom is 0.330 e. The third-order valence-electron chi connectivity index (χ3n) is 5.23. The fourth-order valence-corrected chi connectivity index (χ4v) is 4.42. The molecular formula is C20H19N9O4S. The lowest BCUT2D eigenvalue weighted by molar-refractivity contribution is 0.300. The van der Waals surface area contributed by atoms with Crippen LogP contribution < -0.4 is 11.4 Å². The van der Waals surface area contributed by atoms with Crippen LogP contribution in [-0.4, -0.2) is 53.7 Å². The zero-order chi connectivity index (χ0) is 24.0. The van der Waals surface area contributed by atoms with Crippen molar-refractivity contribution < 1.29 is 12.6 Å². The molecule has 4 heterocycles. The Morgan fingerprint density at radius 3 is 2.56 bits per heavy atom. The number of aromatic nitrogens is 8. The van der Waals surface area contributed by atoms with Gasteiger partial charge in [0.15, 0.2) is 11.3 Å². The van der Waals surface area contributed by atoms with E-state index in [4.69, 9.17) is 9.92 Å². The number of aryl methyl sites for hydroxylation is 2. The molecule has 0 saturated carbocycles. The van der Waals surface area contributed by atoms with E-state index in [0.29, 0.717) is 16.9 Å². The first-order chi connectivity index (χ1) is 16.3. The third-order valence-corrected chi connectivity index (χ3v) is 6.56. The van der Waals surface area contributed by atoms with E-state index in [1.807, 2.05) is 6.92 Å². The van der Waals surface area contributed by atoms with E-state index in [0.717, 1.165) is 5.56 Å². The number of nitrogen functional groups attached to an aromatic ring is 1. The fourth-order valence-electron chi connectivity index (χ4n) is 3.53. The largest absolute Gasteiger partial charge is 0.368 e. The molecular weight excluding hydrogens is 462 g/mol. The molecule has 5 aromatic rings. The summed E-state index contributed by atoms with van der Waals surface area (Å²) in [6.07, 6.45) is 4.54. The Morgan fingerprint density at radius 2 is 1.85 bits per heavy atom. The van der Waals surface area contributed by atoms with E-state index in [9.17, 15) is 13.2 Å². The standard InChI is InChI=1S/C20H19N9O4S/c1-12-3-5-13(6-4-12)34(31,32)33-10-9-28-17-15(27(2)20(28)30)18-24-16(14-11-22-7-8-23-14)26-29(18)19(21)25-17/h3-8,11H,9-10H2,1-2H3,(H2,21,25). The quantitative estimate of drug-likeness (QED) is 0.338. The van der Waals surface area contributed by atoms with Crippen LogP contribution in [0.15, 0.2) is 52.5 Å². The van der Waals surface area contributed by atoms with Gasteiger partial charge in [-0.15, -0.1) is 5.10 Å². The topological polar surface area (TPSA) is 165 Å². The van der Waals surface area contributed by atoms with Gasteiger partial charge in [-0.05, 0) is 19.1 Å². The Balaban J connectivity index is 1.51. The monoisotopic (exact) mass is 481 g/mol. The minimum Gasteiger partial charge on any atom is -0.368 e. The van der Waals surface area contributed by atoms with Crippen LogP contribution in [-0.2, 0) is 27.9 Å². The summed E-state index contributed by atoms with van der Waals surface area (Å²) in [5.41, 5.74) is 7.91. The van der Waals surface area contributed by atoms with E-state index < -0.39 is 15.8 Å². The molecule has 174 valence electrons. The fraction of sp³-hybridized carbons (Fsp3) is 0.200. The van der Waals surface area contributed by atoms with Crippen molar-refractivity contribution in [2.75, 3.05) is 12.3 Å². The van der Waals surface area contributed by atoms with Gasteiger partial charge in [0, 0.05) is 19.4 Å². The zero-order valence-electron chi connectivity index (χ0n) is 18.2. The molecule has 0 amide bonds. The zero-order valence-corrected chi connectivity index (χ0v) is 19.0. The van der Waals surface area contributed by atoms with Crippen molar-refractivity contribution in [2.24, 2.45) is 7.05 Å². The smallest absolute Gasteiger partial charge is 0.330 e. The van der Waals surface area contributed by atoms with Gasteiger partial charge in [-0.25, -0.2) is 14.8 Å². The molecule has 0 radical (unpaired) electrons. The van der Waals surface area contributed by atoms with Crippen molar-refractivity contribution in [3.05, 3.63) is 58.9 Å². The number of imidazole rings is 1. The molecule has 0 aliphatic rings. The highest BCUT2D eigenvalue weighted by Gasteiger charge is 2.22. The molecule has 0 unspecified atom stereocenters. The lowest BCUT2D eigenvalue weighted by Gasteiger charge is -2.07. The molecule has 0 atom stereocenters. The highest BCUT2D eigenvalue weighted by Crippen LogP contribution is 2.21. The molecule has 2 N–H and O–H groups in total. The molecule has 5 rings (SSSR count). The summed E-state index contributed by atoms with van der Waals surface area (Å²) in [6.45, 7) is 1.50. The summed E-state index contributed by atoms with van der Waals surface area (Å²) in [7, 11) is -2.43. The van der Waals surface area contributed by atoms with Gasteiger partial charge in [-0.1, -0.05) is 17.7 Å². The second-order valence-electron chi connectivity index (χ2n) is 7.49. The molecule has 0 aliphatic carbocycles. The van der Waals surface area contributed by atoms with Crippen molar-refractivity contribution >= 4 is 32.9 Å². The lowest BCUT2D eigenvalue weighted by atomic mass is 10.2. The van der Waals surface area contributed by atoms with Gasteiger partial charge in [0.2, 0.25) is 11.8 Å². The molecule has 0 fully saturated rings. The van der Waals surface area contributed by atoms with E-state index in [-0.39, 0.29) is 35.5 Å². The average Bonchev–Trinajstić information content (AvgIpc) is 3.36. The summed E-state index contributed by atoms with van der Waals surface area (Å²) in [6, 6.07) is 6.29. The number of nitrogens with zero attached hydrogens (tertiary/aromatic N) is 8. The number of nitrogens with two attached hydrogens (primary N) is 1. The van der Waals surface area contributed by atoms with E-state index in [1.54, 1.807) is 19.2 Å². The second kappa shape index (κ2) is 8.00. The molecule has 34 heavy (non-hydrogen) atoms.